The number of benzene rings is 1. The Hall–Kier alpha value is -0.770. The van der Waals surface area contributed by atoms with Gasteiger partial charge in [-0.3, -0.25) is 4.79 Å². The van der Waals surface area contributed by atoms with Crippen molar-refractivity contribution in [3.05, 3.63) is 35.9 Å². The summed E-state index contributed by atoms with van der Waals surface area (Å²) >= 11 is 15.9. The molecule has 0 unspecified atom stereocenters. The number of ether oxygens (including phenoxy) is 1. The van der Waals surface area contributed by atoms with Gasteiger partial charge < -0.3 is 4.74 Å². The zero-order valence-corrected chi connectivity index (χ0v) is 10.2. The van der Waals surface area contributed by atoms with E-state index < -0.39 is 15.9 Å². The van der Waals surface area contributed by atoms with Crippen LogP contribution in [0, 0.1) is 0 Å². The molecular formula is C10H7Cl3O3. The summed E-state index contributed by atoms with van der Waals surface area (Å²) in [6.07, 6.45) is -0.603. The van der Waals surface area contributed by atoms with Crippen molar-refractivity contribution in [1.82, 2.24) is 0 Å². The van der Waals surface area contributed by atoms with Crippen molar-refractivity contribution < 1.29 is 14.3 Å². The number of carbonyl (C=O) groups excluding carboxylic acids is 2. The Kier molecular flexibility index (Phi) is 4.59. The van der Waals surface area contributed by atoms with E-state index in [0.29, 0.717) is 11.8 Å². The SMILES string of the molecule is O=C[C@H](OC(=O)C(Cl)(Cl)Cl)c1ccccc1. The lowest BCUT2D eigenvalue weighted by Gasteiger charge is -2.15. The molecule has 0 spiro atoms. The minimum Gasteiger partial charge on any atom is -0.447 e. The minimum absolute atomic E-state index is 0.462. The van der Waals surface area contributed by atoms with E-state index in [0.717, 1.165) is 0 Å². The van der Waals surface area contributed by atoms with Crippen LogP contribution in [0.4, 0.5) is 0 Å². The molecule has 1 aromatic carbocycles. The van der Waals surface area contributed by atoms with Gasteiger partial charge in [-0.1, -0.05) is 65.1 Å². The first-order chi connectivity index (χ1) is 7.45. The molecule has 0 fully saturated rings. The zero-order valence-electron chi connectivity index (χ0n) is 7.90. The molecule has 0 saturated heterocycles. The van der Waals surface area contributed by atoms with E-state index in [1.54, 1.807) is 30.3 Å². The minimum atomic E-state index is -2.18. The van der Waals surface area contributed by atoms with E-state index in [-0.39, 0.29) is 0 Å². The number of alkyl halides is 3. The summed E-state index contributed by atoms with van der Waals surface area (Å²) in [5.41, 5.74) is 0.514. The first-order valence-electron chi connectivity index (χ1n) is 4.23. The Bertz CT molecular complexity index is 373. The van der Waals surface area contributed by atoms with Gasteiger partial charge in [0.25, 0.3) is 3.79 Å². The van der Waals surface area contributed by atoms with E-state index in [1.165, 1.54) is 0 Å². The Morgan fingerprint density at radius 1 is 1.25 bits per heavy atom. The largest absolute Gasteiger partial charge is 0.447 e. The van der Waals surface area contributed by atoms with E-state index in [2.05, 4.69) is 0 Å². The fourth-order valence-corrected chi connectivity index (χ4v) is 1.13. The van der Waals surface area contributed by atoms with E-state index in [4.69, 9.17) is 39.5 Å². The van der Waals surface area contributed by atoms with Crippen LogP contribution in [0.3, 0.4) is 0 Å². The Morgan fingerprint density at radius 2 is 1.81 bits per heavy atom. The van der Waals surface area contributed by atoms with Gasteiger partial charge in [0, 0.05) is 0 Å². The number of esters is 1. The van der Waals surface area contributed by atoms with Crippen molar-refractivity contribution >= 4 is 47.1 Å². The van der Waals surface area contributed by atoms with Crippen LogP contribution in [0.25, 0.3) is 0 Å². The first kappa shape index (κ1) is 13.3. The summed E-state index contributed by atoms with van der Waals surface area (Å²) in [6, 6.07) is 8.43. The van der Waals surface area contributed by atoms with Crippen molar-refractivity contribution in [2.24, 2.45) is 0 Å². The maximum absolute atomic E-state index is 11.2. The molecule has 0 aromatic heterocycles. The fourth-order valence-electron chi connectivity index (χ4n) is 0.999. The highest BCUT2D eigenvalue weighted by molar-refractivity contribution is 6.75. The van der Waals surface area contributed by atoms with Gasteiger partial charge in [-0.2, -0.15) is 0 Å². The molecule has 3 nitrogen and oxygen atoms in total. The molecule has 6 heteroatoms. The van der Waals surface area contributed by atoms with E-state index in [1.807, 2.05) is 0 Å². The quantitative estimate of drug-likeness (QED) is 0.486. The van der Waals surface area contributed by atoms with Crippen molar-refractivity contribution in [3.8, 4) is 0 Å². The normalized spacial score (nSPS) is 12.9. The summed E-state index contributed by atoms with van der Waals surface area (Å²) in [6.45, 7) is 0. The van der Waals surface area contributed by atoms with Gasteiger partial charge in [0.05, 0.1) is 0 Å². The van der Waals surface area contributed by atoms with Crippen LogP contribution < -0.4 is 0 Å². The molecule has 0 N–H and O–H groups in total. The van der Waals surface area contributed by atoms with Crippen LogP contribution in [0.2, 0.25) is 0 Å². The molecule has 1 rings (SSSR count). The third-order valence-electron chi connectivity index (χ3n) is 1.72. The van der Waals surface area contributed by atoms with Crippen LogP contribution in [0.15, 0.2) is 30.3 Å². The molecule has 0 aliphatic rings. The molecule has 0 radical (unpaired) electrons. The van der Waals surface area contributed by atoms with Gasteiger partial charge in [-0.25, -0.2) is 4.79 Å². The standard InChI is InChI=1S/C10H7Cl3O3/c11-10(12,13)9(15)16-8(6-14)7-4-2-1-3-5-7/h1-6,8H/t8-/m0/s1. The Labute approximate surface area is 107 Å². The topological polar surface area (TPSA) is 43.4 Å². The number of aldehydes is 1. The summed E-state index contributed by atoms with van der Waals surface area (Å²) < 4.78 is 2.56. The molecule has 0 saturated carbocycles. The number of hydrogen-bond donors (Lipinski definition) is 0. The van der Waals surface area contributed by atoms with Crippen LogP contribution in [0.5, 0.6) is 0 Å². The maximum atomic E-state index is 11.2. The second-order valence-corrected chi connectivity index (χ2v) is 5.15. The van der Waals surface area contributed by atoms with Gasteiger partial charge >= 0.3 is 5.97 Å². The van der Waals surface area contributed by atoms with Crippen LogP contribution >= 0.6 is 34.8 Å². The molecule has 0 bridgehead atoms. The summed E-state index contributed by atoms with van der Waals surface area (Å²) in [5, 5.41) is 0. The molecule has 16 heavy (non-hydrogen) atoms. The molecule has 0 aliphatic carbocycles. The Balaban J connectivity index is 2.79. The molecule has 86 valence electrons. The summed E-state index contributed by atoms with van der Waals surface area (Å²) in [4.78, 5) is 22.0. The summed E-state index contributed by atoms with van der Waals surface area (Å²) in [5.74, 6) is -1.08. The molecule has 0 heterocycles. The second-order valence-electron chi connectivity index (χ2n) is 2.87. The van der Waals surface area contributed by atoms with Crippen LogP contribution in [-0.4, -0.2) is 16.0 Å². The van der Waals surface area contributed by atoms with Crippen molar-refractivity contribution in [3.63, 3.8) is 0 Å². The third kappa shape index (κ3) is 3.67. The van der Waals surface area contributed by atoms with Gasteiger partial charge in [0.2, 0.25) is 0 Å². The van der Waals surface area contributed by atoms with Gasteiger partial charge in [-0.05, 0) is 5.56 Å². The Morgan fingerprint density at radius 3 is 2.25 bits per heavy atom. The average Bonchev–Trinajstić information content (AvgIpc) is 2.25. The van der Waals surface area contributed by atoms with Crippen molar-refractivity contribution in [2.45, 2.75) is 9.90 Å². The number of hydrogen-bond acceptors (Lipinski definition) is 3. The monoisotopic (exact) mass is 280 g/mol. The highest BCUT2D eigenvalue weighted by Crippen LogP contribution is 2.29. The maximum Gasteiger partial charge on any atom is 0.359 e. The third-order valence-corrected chi connectivity index (χ3v) is 2.18. The lowest BCUT2D eigenvalue weighted by atomic mass is 10.1. The van der Waals surface area contributed by atoms with E-state index >= 15 is 0 Å². The van der Waals surface area contributed by atoms with Crippen molar-refractivity contribution in [2.75, 3.05) is 0 Å². The highest BCUT2D eigenvalue weighted by atomic mass is 35.6. The highest BCUT2D eigenvalue weighted by Gasteiger charge is 2.34. The number of halogens is 3. The van der Waals surface area contributed by atoms with Crippen molar-refractivity contribution in [1.29, 1.82) is 0 Å². The van der Waals surface area contributed by atoms with Crippen LogP contribution in [-0.2, 0) is 14.3 Å². The second kappa shape index (κ2) is 5.53. The molecule has 1 aromatic rings. The zero-order chi connectivity index (χ0) is 12.2. The number of rotatable bonds is 3. The first-order valence-corrected chi connectivity index (χ1v) is 5.36. The van der Waals surface area contributed by atoms with E-state index in [9.17, 15) is 9.59 Å². The van der Waals surface area contributed by atoms with Crippen LogP contribution in [0.1, 0.15) is 11.7 Å². The molecular weight excluding hydrogens is 274 g/mol. The smallest absolute Gasteiger partial charge is 0.359 e. The molecule has 0 aliphatic heterocycles. The summed E-state index contributed by atoms with van der Waals surface area (Å²) in [7, 11) is 0. The lowest BCUT2D eigenvalue weighted by molar-refractivity contribution is -0.151. The molecule has 1 atom stereocenters. The lowest BCUT2D eigenvalue weighted by Crippen LogP contribution is -2.24. The fraction of sp³-hybridized carbons (Fsp3) is 0.200. The van der Waals surface area contributed by atoms with Gasteiger partial charge in [0.1, 0.15) is 0 Å². The molecule has 0 amide bonds. The predicted molar refractivity (Wildman–Crippen MR) is 61.6 cm³/mol. The van der Waals surface area contributed by atoms with Gasteiger partial charge in [-0.15, -0.1) is 0 Å². The van der Waals surface area contributed by atoms with Gasteiger partial charge in [0.15, 0.2) is 12.4 Å². The average molecular weight is 282 g/mol. The predicted octanol–water partition coefficient (Wildman–Crippen LogP) is 2.84. The number of carbonyl (C=O) groups is 2.